The molecule has 0 amide bonds. The van der Waals surface area contributed by atoms with Crippen molar-refractivity contribution in [3.63, 3.8) is 0 Å². The predicted molar refractivity (Wildman–Crippen MR) is 55.2 cm³/mol. The summed E-state index contributed by atoms with van der Waals surface area (Å²) in [5, 5.41) is 3.24. The molecule has 0 saturated carbocycles. The van der Waals surface area contributed by atoms with Crippen LogP contribution in [0.4, 0.5) is 0 Å². The maximum Gasteiger partial charge on any atom is 0.0279 e. The first-order valence-electron chi connectivity index (χ1n) is 4.88. The van der Waals surface area contributed by atoms with E-state index in [1.54, 1.807) is 6.20 Å². The maximum absolute atomic E-state index is 3.65. The summed E-state index contributed by atoms with van der Waals surface area (Å²) in [4.78, 5) is 2.36. The van der Waals surface area contributed by atoms with Crippen LogP contribution in [-0.2, 0) is 0 Å². The molecule has 12 heavy (non-hydrogen) atoms. The summed E-state index contributed by atoms with van der Waals surface area (Å²) in [5.41, 5.74) is 0. The van der Waals surface area contributed by atoms with Crippen molar-refractivity contribution in [1.29, 1.82) is 0 Å². The molecule has 2 nitrogen and oxygen atoms in total. The van der Waals surface area contributed by atoms with Gasteiger partial charge >= 0.3 is 0 Å². The lowest BCUT2D eigenvalue weighted by atomic mass is 10.1. The zero-order valence-electron chi connectivity index (χ0n) is 8.64. The minimum atomic E-state index is 0.675. The maximum atomic E-state index is 3.65. The second-order valence-electron chi connectivity index (χ2n) is 2.95. The molecule has 0 bridgehead atoms. The molecule has 1 saturated heterocycles. The molecule has 2 heteroatoms. The molecule has 0 atom stereocenters. The van der Waals surface area contributed by atoms with Crippen LogP contribution < -0.4 is 5.32 Å². The van der Waals surface area contributed by atoms with E-state index in [-0.39, 0.29) is 0 Å². The Hall–Kier alpha value is -0.500. The molecular formula is C10H22N2. The molecule has 0 aromatic carbocycles. The minimum Gasteiger partial charge on any atom is -0.389 e. The van der Waals surface area contributed by atoms with Crippen LogP contribution >= 0.6 is 0 Å². The van der Waals surface area contributed by atoms with Crippen LogP contribution in [0.25, 0.3) is 0 Å². The highest BCUT2D eigenvalue weighted by Gasteiger charge is 2.13. The van der Waals surface area contributed by atoms with Gasteiger partial charge in [0.05, 0.1) is 0 Å². The van der Waals surface area contributed by atoms with E-state index in [9.17, 15) is 0 Å². The molecule has 0 aliphatic carbocycles. The number of hydrogen-bond donors (Lipinski definition) is 1. The third kappa shape index (κ3) is 4.39. The van der Waals surface area contributed by atoms with Gasteiger partial charge in [0.25, 0.3) is 0 Å². The van der Waals surface area contributed by atoms with E-state index in [0.717, 1.165) is 0 Å². The number of likely N-dealkylation sites (tertiary alicyclic amines) is 1. The molecule has 1 N–H and O–H groups in total. The minimum absolute atomic E-state index is 0.675. The van der Waals surface area contributed by atoms with Crippen LogP contribution in [-0.4, -0.2) is 31.1 Å². The normalized spacial score (nSPS) is 19.2. The number of nitrogens with one attached hydrogen (secondary N) is 1. The smallest absolute Gasteiger partial charge is 0.0279 e. The summed E-state index contributed by atoms with van der Waals surface area (Å²) in [6, 6.07) is 0.675. The lowest BCUT2D eigenvalue weighted by Gasteiger charge is -2.28. The Balaban J connectivity index is 0.000000561. The Morgan fingerprint density at radius 3 is 2.25 bits per heavy atom. The van der Waals surface area contributed by atoms with E-state index >= 15 is 0 Å². The molecule has 72 valence electrons. The SMILES string of the molecule is C=CNC1CCN(C)CC1.CC. The van der Waals surface area contributed by atoms with Crippen molar-refractivity contribution in [3.8, 4) is 0 Å². The van der Waals surface area contributed by atoms with Crippen LogP contribution in [0.1, 0.15) is 26.7 Å². The van der Waals surface area contributed by atoms with Crippen molar-refractivity contribution in [2.45, 2.75) is 32.7 Å². The summed E-state index contributed by atoms with van der Waals surface area (Å²) < 4.78 is 0. The Kier molecular flexibility index (Phi) is 6.87. The fourth-order valence-electron chi connectivity index (χ4n) is 1.34. The first-order chi connectivity index (χ1) is 5.83. The van der Waals surface area contributed by atoms with Crippen molar-refractivity contribution in [1.82, 2.24) is 10.2 Å². The average molecular weight is 170 g/mol. The number of nitrogens with zero attached hydrogens (tertiary/aromatic N) is 1. The van der Waals surface area contributed by atoms with Crippen molar-refractivity contribution >= 4 is 0 Å². The number of hydrogen-bond acceptors (Lipinski definition) is 2. The highest BCUT2D eigenvalue weighted by molar-refractivity contribution is 4.79. The Labute approximate surface area is 76.6 Å². The molecule has 0 aromatic heterocycles. The van der Waals surface area contributed by atoms with Crippen LogP contribution in [0.15, 0.2) is 12.8 Å². The predicted octanol–water partition coefficient (Wildman–Crippen LogP) is 1.84. The number of piperidine rings is 1. The third-order valence-corrected chi connectivity index (χ3v) is 2.07. The van der Waals surface area contributed by atoms with Crippen molar-refractivity contribution in [2.75, 3.05) is 20.1 Å². The van der Waals surface area contributed by atoms with Crippen molar-refractivity contribution in [3.05, 3.63) is 12.8 Å². The molecule has 1 heterocycles. The highest BCUT2D eigenvalue weighted by Crippen LogP contribution is 2.07. The summed E-state index contributed by atoms with van der Waals surface area (Å²) in [6.07, 6.45) is 4.31. The van der Waals surface area contributed by atoms with E-state index in [4.69, 9.17) is 0 Å². The molecular weight excluding hydrogens is 148 g/mol. The quantitative estimate of drug-likeness (QED) is 0.680. The fraction of sp³-hybridized carbons (Fsp3) is 0.800. The monoisotopic (exact) mass is 170 g/mol. The number of rotatable bonds is 2. The lowest BCUT2D eigenvalue weighted by molar-refractivity contribution is 0.244. The molecule has 1 aliphatic heterocycles. The van der Waals surface area contributed by atoms with Gasteiger partial charge < -0.3 is 10.2 Å². The van der Waals surface area contributed by atoms with Crippen molar-refractivity contribution < 1.29 is 0 Å². The second-order valence-corrected chi connectivity index (χ2v) is 2.95. The van der Waals surface area contributed by atoms with Gasteiger partial charge in [0.1, 0.15) is 0 Å². The topological polar surface area (TPSA) is 15.3 Å². The van der Waals surface area contributed by atoms with E-state index in [1.165, 1.54) is 25.9 Å². The first kappa shape index (κ1) is 11.5. The molecule has 0 radical (unpaired) electrons. The van der Waals surface area contributed by atoms with Gasteiger partial charge in [-0.15, -0.1) is 0 Å². The third-order valence-electron chi connectivity index (χ3n) is 2.07. The van der Waals surface area contributed by atoms with Gasteiger partial charge in [-0.1, -0.05) is 20.4 Å². The molecule has 0 unspecified atom stereocenters. The average Bonchev–Trinajstić information content (AvgIpc) is 2.13. The van der Waals surface area contributed by atoms with E-state index < -0.39 is 0 Å². The van der Waals surface area contributed by atoms with E-state index in [0.29, 0.717) is 6.04 Å². The van der Waals surface area contributed by atoms with Gasteiger partial charge in [0, 0.05) is 6.04 Å². The molecule has 1 rings (SSSR count). The molecule has 1 fully saturated rings. The summed E-state index contributed by atoms with van der Waals surface area (Å²) in [5.74, 6) is 0. The summed E-state index contributed by atoms with van der Waals surface area (Å²) in [6.45, 7) is 10.1. The lowest BCUT2D eigenvalue weighted by Crippen LogP contribution is -2.38. The van der Waals surface area contributed by atoms with Gasteiger partial charge in [-0.05, 0) is 39.2 Å². The van der Waals surface area contributed by atoms with E-state index in [1.807, 2.05) is 13.8 Å². The standard InChI is InChI=1S/C8H16N2.C2H6/c1-3-9-8-4-6-10(2)7-5-8;1-2/h3,8-9H,1,4-7H2,2H3;1-2H3. The Bertz CT molecular complexity index is 104. The molecule has 0 spiro atoms. The second kappa shape index (κ2) is 7.17. The molecule has 0 aromatic rings. The van der Waals surface area contributed by atoms with E-state index in [2.05, 4.69) is 23.8 Å². The van der Waals surface area contributed by atoms with Gasteiger partial charge in [-0.2, -0.15) is 0 Å². The van der Waals surface area contributed by atoms with Crippen LogP contribution in [0.5, 0.6) is 0 Å². The van der Waals surface area contributed by atoms with Crippen molar-refractivity contribution in [2.24, 2.45) is 0 Å². The van der Waals surface area contributed by atoms with Gasteiger partial charge in [-0.3, -0.25) is 0 Å². The van der Waals surface area contributed by atoms with Crippen LogP contribution in [0.3, 0.4) is 0 Å². The van der Waals surface area contributed by atoms with Gasteiger partial charge in [0.2, 0.25) is 0 Å². The largest absolute Gasteiger partial charge is 0.389 e. The Morgan fingerprint density at radius 1 is 1.33 bits per heavy atom. The molecule has 1 aliphatic rings. The zero-order chi connectivity index (χ0) is 9.40. The van der Waals surface area contributed by atoms with Crippen LogP contribution in [0, 0.1) is 0 Å². The van der Waals surface area contributed by atoms with Crippen LogP contribution in [0.2, 0.25) is 0 Å². The van der Waals surface area contributed by atoms with Gasteiger partial charge in [0.15, 0.2) is 0 Å². The first-order valence-corrected chi connectivity index (χ1v) is 4.88. The summed E-state index contributed by atoms with van der Waals surface area (Å²) >= 11 is 0. The van der Waals surface area contributed by atoms with Gasteiger partial charge in [-0.25, -0.2) is 0 Å². The summed E-state index contributed by atoms with van der Waals surface area (Å²) in [7, 11) is 2.17. The zero-order valence-corrected chi connectivity index (χ0v) is 8.64. The highest BCUT2D eigenvalue weighted by atomic mass is 15.1. The fourth-order valence-corrected chi connectivity index (χ4v) is 1.34. The Morgan fingerprint density at radius 2 is 1.83 bits per heavy atom.